The van der Waals surface area contributed by atoms with Crippen LogP contribution in [-0.4, -0.2) is 20.6 Å². The Labute approximate surface area is 106 Å². The van der Waals surface area contributed by atoms with Crippen LogP contribution in [0, 0.1) is 0 Å². The maximum atomic E-state index is 11.2. The van der Waals surface area contributed by atoms with Gasteiger partial charge in [0.15, 0.2) is 0 Å². The highest BCUT2D eigenvalue weighted by atomic mass is 16.4. The number of rotatable bonds is 4. The number of nitrogens with zero attached hydrogens (tertiary/aromatic N) is 2. The van der Waals surface area contributed by atoms with E-state index in [1.807, 2.05) is 35.8 Å². The lowest BCUT2D eigenvalue weighted by atomic mass is 9.94. The van der Waals surface area contributed by atoms with Crippen molar-refractivity contribution in [3.63, 3.8) is 0 Å². The van der Waals surface area contributed by atoms with E-state index in [1.165, 1.54) is 0 Å². The normalized spacial score (nSPS) is 12.3. The molecule has 0 radical (unpaired) electrons. The van der Waals surface area contributed by atoms with E-state index in [-0.39, 0.29) is 0 Å². The fourth-order valence-electron chi connectivity index (χ4n) is 2.04. The zero-order valence-electron chi connectivity index (χ0n) is 10.5. The van der Waals surface area contributed by atoms with Gasteiger partial charge in [0, 0.05) is 12.1 Å². The minimum absolute atomic E-state index is 0.526. The number of hydrogen-bond acceptors (Lipinski definition) is 2. The molecule has 1 unspecified atom stereocenters. The molecule has 0 saturated carbocycles. The van der Waals surface area contributed by atoms with E-state index in [4.69, 9.17) is 5.11 Å². The Morgan fingerprint density at radius 1 is 1.44 bits per heavy atom. The van der Waals surface area contributed by atoms with Gasteiger partial charge in [0.05, 0.1) is 24.1 Å². The molecule has 1 heterocycles. The van der Waals surface area contributed by atoms with Crippen LogP contribution in [0.2, 0.25) is 0 Å². The van der Waals surface area contributed by atoms with Crippen molar-refractivity contribution in [3.8, 4) is 11.3 Å². The molecule has 4 nitrogen and oxygen atoms in total. The summed E-state index contributed by atoms with van der Waals surface area (Å²) in [6.45, 7) is 4.55. The number of imidazole rings is 1. The van der Waals surface area contributed by atoms with Gasteiger partial charge < -0.3 is 9.67 Å². The number of aryl methyl sites for hydroxylation is 1. The Balaban J connectivity index is 2.55. The van der Waals surface area contributed by atoms with Crippen LogP contribution in [-0.2, 0) is 11.3 Å². The van der Waals surface area contributed by atoms with Gasteiger partial charge in [-0.2, -0.15) is 0 Å². The van der Waals surface area contributed by atoms with Crippen LogP contribution >= 0.6 is 0 Å². The molecular formula is C14H16N2O2. The monoisotopic (exact) mass is 244 g/mol. The molecule has 4 heteroatoms. The van der Waals surface area contributed by atoms with Crippen LogP contribution in [0.4, 0.5) is 0 Å². The summed E-state index contributed by atoms with van der Waals surface area (Å²) < 4.78 is 2.01. The molecule has 18 heavy (non-hydrogen) atoms. The molecule has 2 aromatic rings. The second-order valence-corrected chi connectivity index (χ2v) is 4.21. The molecule has 94 valence electrons. The first-order valence-electron chi connectivity index (χ1n) is 5.97. The highest BCUT2D eigenvalue weighted by Crippen LogP contribution is 2.29. The van der Waals surface area contributed by atoms with Crippen molar-refractivity contribution in [1.29, 1.82) is 0 Å². The topological polar surface area (TPSA) is 55.1 Å². The minimum atomic E-state index is -0.815. The van der Waals surface area contributed by atoms with Gasteiger partial charge in [-0.05, 0) is 19.4 Å². The van der Waals surface area contributed by atoms with Gasteiger partial charge in [0.2, 0.25) is 0 Å². The van der Waals surface area contributed by atoms with E-state index in [9.17, 15) is 4.79 Å². The van der Waals surface area contributed by atoms with E-state index in [2.05, 4.69) is 4.98 Å². The van der Waals surface area contributed by atoms with Crippen LogP contribution in [0.25, 0.3) is 11.3 Å². The summed E-state index contributed by atoms with van der Waals surface area (Å²) in [6.07, 6.45) is 3.54. The van der Waals surface area contributed by atoms with Crippen molar-refractivity contribution in [1.82, 2.24) is 9.55 Å². The largest absolute Gasteiger partial charge is 0.481 e. The van der Waals surface area contributed by atoms with E-state index < -0.39 is 11.9 Å². The number of aromatic nitrogens is 2. The number of aliphatic carboxylic acids is 1. The maximum Gasteiger partial charge on any atom is 0.310 e. The third-order valence-electron chi connectivity index (χ3n) is 3.13. The smallest absolute Gasteiger partial charge is 0.310 e. The first-order valence-corrected chi connectivity index (χ1v) is 5.97. The van der Waals surface area contributed by atoms with Crippen molar-refractivity contribution in [2.24, 2.45) is 0 Å². The molecule has 0 saturated heterocycles. The lowest BCUT2D eigenvalue weighted by Crippen LogP contribution is -2.09. The molecule has 0 aliphatic carbocycles. The first kappa shape index (κ1) is 12.4. The van der Waals surface area contributed by atoms with Crippen LogP contribution < -0.4 is 0 Å². The molecule has 1 atom stereocenters. The summed E-state index contributed by atoms with van der Waals surface area (Å²) in [4.78, 5) is 15.3. The van der Waals surface area contributed by atoms with Crippen LogP contribution in [0.3, 0.4) is 0 Å². The molecule has 1 N–H and O–H groups in total. The number of benzene rings is 1. The van der Waals surface area contributed by atoms with Crippen molar-refractivity contribution < 1.29 is 9.90 Å². The van der Waals surface area contributed by atoms with Gasteiger partial charge in [-0.3, -0.25) is 4.79 Å². The number of carboxylic acids is 1. The fourth-order valence-corrected chi connectivity index (χ4v) is 2.04. The number of hydrogen-bond donors (Lipinski definition) is 1. The van der Waals surface area contributed by atoms with Gasteiger partial charge in [-0.1, -0.05) is 24.3 Å². The quantitative estimate of drug-likeness (QED) is 0.899. The molecule has 0 aliphatic rings. The fraction of sp³-hybridized carbons (Fsp3) is 0.286. The SMILES string of the molecule is CCn1cncc1-c1ccccc1C(C)C(=O)O. The van der Waals surface area contributed by atoms with Crippen molar-refractivity contribution in [3.05, 3.63) is 42.4 Å². The zero-order valence-corrected chi connectivity index (χ0v) is 10.5. The molecule has 0 spiro atoms. The van der Waals surface area contributed by atoms with Crippen LogP contribution in [0.15, 0.2) is 36.8 Å². The summed E-state index contributed by atoms with van der Waals surface area (Å²) in [5, 5.41) is 9.16. The van der Waals surface area contributed by atoms with Gasteiger partial charge in [-0.15, -0.1) is 0 Å². The van der Waals surface area contributed by atoms with Crippen molar-refractivity contribution >= 4 is 5.97 Å². The third kappa shape index (κ3) is 2.14. The Kier molecular flexibility index (Phi) is 3.46. The summed E-state index contributed by atoms with van der Waals surface area (Å²) in [5.74, 6) is -1.34. The predicted molar refractivity (Wildman–Crippen MR) is 69.4 cm³/mol. The Hall–Kier alpha value is -2.10. The van der Waals surface area contributed by atoms with Crippen molar-refractivity contribution in [2.45, 2.75) is 26.3 Å². The Morgan fingerprint density at radius 2 is 2.17 bits per heavy atom. The van der Waals surface area contributed by atoms with Gasteiger partial charge in [-0.25, -0.2) is 4.98 Å². The highest BCUT2D eigenvalue weighted by Gasteiger charge is 2.19. The minimum Gasteiger partial charge on any atom is -0.481 e. The molecule has 2 rings (SSSR count). The first-order chi connectivity index (χ1) is 8.65. The molecule has 0 amide bonds. The van der Waals surface area contributed by atoms with E-state index >= 15 is 0 Å². The van der Waals surface area contributed by atoms with E-state index in [0.29, 0.717) is 0 Å². The predicted octanol–water partition coefficient (Wildman–Crippen LogP) is 2.76. The van der Waals surface area contributed by atoms with E-state index in [0.717, 1.165) is 23.4 Å². The molecule has 1 aromatic carbocycles. The van der Waals surface area contributed by atoms with E-state index in [1.54, 1.807) is 19.4 Å². The van der Waals surface area contributed by atoms with Crippen LogP contribution in [0.1, 0.15) is 25.3 Å². The Morgan fingerprint density at radius 3 is 2.83 bits per heavy atom. The van der Waals surface area contributed by atoms with Gasteiger partial charge in [0.1, 0.15) is 0 Å². The molecular weight excluding hydrogens is 228 g/mol. The van der Waals surface area contributed by atoms with Gasteiger partial charge >= 0.3 is 5.97 Å². The van der Waals surface area contributed by atoms with Crippen molar-refractivity contribution in [2.75, 3.05) is 0 Å². The van der Waals surface area contributed by atoms with Crippen LogP contribution in [0.5, 0.6) is 0 Å². The third-order valence-corrected chi connectivity index (χ3v) is 3.13. The number of carboxylic acid groups (broad SMARTS) is 1. The maximum absolute atomic E-state index is 11.2. The standard InChI is InChI=1S/C14H16N2O2/c1-3-16-9-15-8-13(16)12-7-5-4-6-11(12)10(2)14(17)18/h4-10H,3H2,1-2H3,(H,17,18). The lowest BCUT2D eigenvalue weighted by Gasteiger charge is -2.14. The molecule has 0 aliphatic heterocycles. The van der Waals surface area contributed by atoms with Gasteiger partial charge in [0.25, 0.3) is 0 Å². The average Bonchev–Trinajstić information content (AvgIpc) is 2.85. The summed E-state index contributed by atoms with van der Waals surface area (Å²) in [7, 11) is 0. The molecule has 0 fully saturated rings. The zero-order chi connectivity index (χ0) is 13.1. The second kappa shape index (κ2) is 5.04. The number of carbonyl (C=O) groups is 1. The molecule has 1 aromatic heterocycles. The summed E-state index contributed by atoms with van der Waals surface area (Å²) in [6, 6.07) is 7.59. The molecule has 0 bridgehead atoms. The summed E-state index contributed by atoms with van der Waals surface area (Å²) >= 11 is 0. The Bertz CT molecular complexity index is 560. The average molecular weight is 244 g/mol. The second-order valence-electron chi connectivity index (χ2n) is 4.21. The summed E-state index contributed by atoms with van der Waals surface area (Å²) in [5.41, 5.74) is 2.72. The highest BCUT2D eigenvalue weighted by molar-refractivity contribution is 5.80. The lowest BCUT2D eigenvalue weighted by molar-refractivity contribution is -0.138.